The van der Waals surface area contributed by atoms with Crippen LogP contribution < -0.4 is 5.73 Å². The third kappa shape index (κ3) is 10.0. The van der Waals surface area contributed by atoms with E-state index in [4.69, 9.17) is 5.73 Å². The molecule has 0 spiro atoms. The van der Waals surface area contributed by atoms with Crippen LogP contribution in [0.15, 0.2) is 0 Å². The molecule has 2 N–H and O–H groups in total. The highest BCUT2D eigenvalue weighted by atomic mass is 14.6. The molecule has 0 aliphatic rings. The van der Waals surface area contributed by atoms with Crippen molar-refractivity contribution >= 4 is 0 Å². The first kappa shape index (κ1) is 14.0. The van der Waals surface area contributed by atoms with E-state index < -0.39 is 0 Å². The molecule has 0 amide bonds. The Balaban J connectivity index is 2.98. The SMILES string of the molecule is CCCCCCCCCC(N)CCC. The van der Waals surface area contributed by atoms with Gasteiger partial charge in [0.2, 0.25) is 0 Å². The van der Waals surface area contributed by atoms with Crippen molar-refractivity contribution in [3.63, 3.8) is 0 Å². The Labute approximate surface area is 90.5 Å². The first-order valence-corrected chi connectivity index (χ1v) is 6.56. The lowest BCUT2D eigenvalue weighted by Crippen LogP contribution is -2.18. The minimum Gasteiger partial charge on any atom is -0.328 e. The summed E-state index contributed by atoms with van der Waals surface area (Å²) in [6, 6.07) is 0.468. The second-order valence-electron chi connectivity index (χ2n) is 4.46. The zero-order valence-corrected chi connectivity index (χ0v) is 10.2. The average Bonchev–Trinajstić information content (AvgIpc) is 2.17. The fourth-order valence-electron chi connectivity index (χ4n) is 1.88. The molecule has 1 unspecified atom stereocenters. The predicted octanol–water partition coefficient (Wildman–Crippen LogP) is 4.25. The third-order valence-corrected chi connectivity index (χ3v) is 2.84. The molecule has 1 atom stereocenters. The van der Waals surface area contributed by atoms with E-state index in [0.29, 0.717) is 6.04 Å². The van der Waals surface area contributed by atoms with Crippen molar-refractivity contribution in [1.29, 1.82) is 0 Å². The molecule has 1 heteroatoms. The van der Waals surface area contributed by atoms with E-state index in [1.165, 1.54) is 64.2 Å². The van der Waals surface area contributed by atoms with Crippen LogP contribution in [-0.2, 0) is 0 Å². The van der Waals surface area contributed by atoms with Crippen LogP contribution in [0.25, 0.3) is 0 Å². The maximum atomic E-state index is 5.95. The monoisotopic (exact) mass is 199 g/mol. The summed E-state index contributed by atoms with van der Waals surface area (Å²) in [6.07, 6.45) is 13.4. The zero-order valence-electron chi connectivity index (χ0n) is 10.2. The van der Waals surface area contributed by atoms with Crippen LogP contribution in [0.2, 0.25) is 0 Å². The summed E-state index contributed by atoms with van der Waals surface area (Å²) in [5.41, 5.74) is 5.95. The maximum Gasteiger partial charge on any atom is 0.00387 e. The topological polar surface area (TPSA) is 26.0 Å². The Morgan fingerprint density at radius 3 is 1.86 bits per heavy atom. The van der Waals surface area contributed by atoms with Crippen molar-refractivity contribution in [1.82, 2.24) is 0 Å². The summed E-state index contributed by atoms with van der Waals surface area (Å²) in [5, 5.41) is 0. The van der Waals surface area contributed by atoms with Gasteiger partial charge in [-0.05, 0) is 12.8 Å². The van der Waals surface area contributed by atoms with Gasteiger partial charge in [0.15, 0.2) is 0 Å². The van der Waals surface area contributed by atoms with Gasteiger partial charge in [-0.25, -0.2) is 0 Å². The maximum absolute atomic E-state index is 5.95. The number of rotatable bonds is 10. The smallest absolute Gasteiger partial charge is 0.00387 e. The minimum atomic E-state index is 0.468. The van der Waals surface area contributed by atoms with Gasteiger partial charge in [-0.15, -0.1) is 0 Å². The molecule has 0 saturated heterocycles. The van der Waals surface area contributed by atoms with Crippen LogP contribution in [0.4, 0.5) is 0 Å². The largest absolute Gasteiger partial charge is 0.328 e. The average molecular weight is 199 g/mol. The van der Waals surface area contributed by atoms with Gasteiger partial charge in [-0.2, -0.15) is 0 Å². The van der Waals surface area contributed by atoms with Crippen LogP contribution in [-0.4, -0.2) is 6.04 Å². The molecule has 0 aliphatic carbocycles. The van der Waals surface area contributed by atoms with Crippen molar-refractivity contribution in [3.8, 4) is 0 Å². The van der Waals surface area contributed by atoms with Crippen molar-refractivity contribution < 1.29 is 0 Å². The quantitative estimate of drug-likeness (QED) is 0.523. The van der Waals surface area contributed by atoms with Crippen molar-refractivity contribution in [2.45, 2.75) is 84.1 Å². The van der Waals surface area contributed by atoms with Crippen molar-refractivity contribution in [2.75, 3.05) is 0 Å². The summed E-state index contributed by atoms with van der Waals surface area (Å²) in [4.78, 5) is 0. The molecule has 0 aromatic rings. The van der Waals surface area contributed by atoms with Crippen LogP contribution >= 0.6 is 0 Å². The number of hydrogen-bond donors (Lipinski definition) is 1. The highest BCUT2D eigenvalue weighted by molar-refractivity contribution is 4.60. The predicted molar refractivity (Wildman–Crippen MR) is 65.5 cm³/mol. The van der Waals surface area contributed by atoms with E-state index in [2.05, 4.69) is 13.8 Å². The molecule has 0 saturated carbocycles. The second kappa shape index (κ2) is 11.0. The van der Waals surface area contributed by atoms with Gasteiger partial charge in [0.25, 0.3) is 0 Å². The van der Waals surface area contributed by atoms with Crippen molar-refractivity contribution in [3.05, 3.63) is 0 Å². The lowest BCUT2D eigenvalue weighted by atomic mass is 10.0. The van der Waals surface area contributed by atoms with Gasteiger partial charge < -0.3 is 5.73 Å². The zero-order chi connectivity index (χ0) is 10.6. The summed E-state index contributed by atoms with van der Waals surface area (Å²) in [5.74, 6) is 0. The molecule has 0 heterocycles. The molecule has 0 aromatic heterocycles. The van der Waals surface area contributed by atoms with Crippen LogP contribution in [0.5, 0.6) is 0 Å². The van der Waals surface area contributed by atoms with Crippen LogP contribution in [0.3, 0.4) is 0 Å². The molecule has 0 fully saturated rings. The number of hydrogen-bond acceptors (Lipinski definition) is 1. The summed E-state index contributed by atoms with van der Waals surface area (Å²) in [6.45, 7) is 4.48. The fourth-order valence-corrected chi connectivity index (χ4v) is 1.88. The second-order valence-corrected chi connectivity index (χ2v) is 4.46. The Kier molecular flexibility index (Phi) is 11.0. The Morgan fingerprint density at radius 2 is 1.29 bits per heavy atom. The molecule has 0 radical (unpaired) electrons. The third-order valence-electron chi connectivity index (χ3n) is 2.84. The van der Waals surface area contributed by atoms with E-state index in [-0.39, 0.29) is 0 Å². The van der Waals surface area contributed by atoms with Gasteiger partial charge in [0, 0.05) is 6.04 Å². The van der Waals surface area contributed by atoms with Gasteiger partial charge in [-0.1, -0.05) is 65.2 Å². The van der Waals surface area contributed by atoms with Crippen LogP contribution in [0, 0.1) is 0 Å². The summed E-state index contributed by atoms with van der Waals surface area (Å²) < 4.78 is 0. The molecule has 14 heavy (non-hydrogen) atoms. The van der Waals surface area contributed by atoms with Gasteiger partial charge in [0.1, 0.15) is 0 Å². The summed E-state index contributed by atoms with van der Waals surface area (Å²) >= 11 is 0. The molecule has 1 nitrogen and oxygen atoms in total. The normalized spacial score (nSPS) is 13.1. The highest BCUT2D eigenvalue weighted by Crippen LogP contribution is 2.10. The minimum absolute atomic E-state index is 0.468. The molecule has 0 aromatic carbocycles. The highest BCUT2D eigenvalue weighted by Gasteiger charge is 1.99. The summed E-state index contributed by atoms with van der Waals surface area (Å²) in [7, 11) is 0. The molecule has 0 aliphatic heterocycles. The van der Waals surface area contributed by atoms with E-state index >= 15 is 0 Å². The first-order chi connectivity index (χ1) is 6.81. The number of unbranched alkanes of at least 4 members (excludes halogenated alkanes) is 6. The van der Waals surface area contributed by atoms with Gasteiger partial charge in [0.05, 0.1) is 0 Å². The lowest BCUT2D eigenvalue weighted by Gasteiger charge is -2.09. The van der Waals surface area contributed by atoms with E-state index in [0.717, 1.165) is 0 Å². The number of nitrogens with two attached hydrogens (primary N) is 1. The Bertz CT molecular complexity index is 101. The Hall–Kier alpha value is -0.0400. The fraction of sp³-hybridized carbons (Fsp3) is 1.00. The lowest BCUT2D eigenvalue weighted by molar-refractivity contribution is 0.506. The standard InChI is InChI=1S/C13H29N/c1-3-5-6-7-8-9-10-12-13(14)11-4-2/h13H,3-12,14H2,1-2H3. The molecular weight excluding hydrogens is 170 g/mol. The van der Waals surface area contributed by atoms with Gasteiger partial charge in [-0.3, -0.25) is 0 Å². The van der Waals surface area contributed by atoms with E-state index in [1.54, 1.807) is 0 Å². The molecule has 86 valence electrons. The van der Waals surface area contributed by atoms with Crippen molar-refractivity contribution in [2.24, 2.45) is 5.73 Å². The first-order valence-electron chi connectivity index (χ1n) is 6.56. The van der Waals surface area contributed by atoms with E-state index in [1.807, 2.05) is 0 Å². The van der Waals surface area contributed by atoms with E-state index in [9.17, 15) is 0 Å². The van der Waals surface area contributed by atoms with Crippen LogP contribution in [0.1, 0.15) is 78.1 Å². The van der Waals surface area contributed by atoms with Gasteiger partial charge >= 0.3 is 0 Å². The Morgan fingerprint density at radius 1 is 0.714 bits per heavy atom. The molecular formula is C13H29N. The molecule has 0 bridgehead atoms. The molecule has 0 rings (SSSR count).